The molecule has 1 fully saturated rings. The fraction of sp³-hybridized carbons (Fsp3) is 0.207. The van der Waals surface area contributed by atoms with E-state index in [0.29, 0.717) is 22.0 Å². The molecule has 2 aliphatic rings. The van der Waals surface area contributed by atoms with E-state index in [1.54, 1.807) is 49.6 Å². The standard InChI is InChI=1S/C29H26FN3O4S/c1-37-23-15-11-20(12-16-23)31-25-26(29(36)33(28(25)35)22-13-9-19(30)10-14-22)38-24-8-4-7-21(17-24)32-27(34)18-5-2-3-6-18/h4,7-18,31H,2-3,5-6H2,1H3,(H,32,34). The van der Waals surface area contributed by atoms with Crippen molar-refractivity contribution >= 4 is 46.5 Å². The molecule has 3 aromatic rings. The molecule has 2 N–H and O–H groups in total. The third-order valence-electron chi connectivity index (χ3n) is 6.53. The van der Waals surface area contributed by atoms with Gasteiger partial charge in [-0.15, -0.1) is 0 Å². The molecule has 7 nitrogen and oxygen atoms in total. The molecule has 1 aliphatic heterocycles. The van der Waals surface area contributed by atoms with Crippen molar-refractivity contribution in [3.8, 4) is 5.75 Å². The van der Waals surface area contributed by atoms with Crippen LogP contribution in [0.25, 0.3) is 0 Å². The van der Waals surface area contributed by atoms with Crippen LogP contribution in [0.4, 0.5) is 21.5 Å². The first-order valence-electron chi connectivity index (χ1n) is 12.3. The fourth-order valence-corrected chi connectivity index (χ4v) is 5.53. The normalized spacial score (nSPS) is 15.8. The summed E-state index contributed by atoms with van der Waals surface area (Å²) >= 11 is 1.13. The lowest BCUT2D eigenvalue weighted by Gasteiger charge is -2.15. The number of hydrogen-bond donors (Lipinski definition) is 2. The summed E-state index contributed by atoms with van der Waals surface area (Å²) in [6.45, 7) is 0. The number of amides is 3. The number of thioether (sulfide) groups is 1. The molecule has 0 aromatic heterocycles. The van der Waals surface area contributed by atoms with Gasteiger partial charge < -0.3 is 15.4 Å². The second-order valence-electron chi connectivity index (χ2n) is 9.08. The van der Waals surface area contributed by atoms with Gasteiger partial charge in [-0.2, -0.15) is 0 Å². The Labute approximate surface area is 224 Å². The zero-order chi connectivity index (χ0) is 26.6. The fourth-order valence-electron chi connectivity index (χ4n) is 4.55. The maximum atomic E-state index is 13.5. The first kappa shape index (κ1) is 25.5. The van der Waals surface area contributed by atoms with Crippen LogP contribution in [0.5, 0.6) is 5.75 Å². The minimum absolute atomic E-state index is 0.000308. The molecule has 0 radical (unpaired) electrons. The van der Waals surface area contributed by atoms with Gasteiger partial charge in [-0.1, -0.05) is 30.7 Å². The quantitative estimate of drug-likeness (QED) is 0.349. The van der Waals surface area contributed by atoms with Crippen molar-refractivity contribution in [3.05, 3.63) is 89.2 Å². The van der Waals surface area contributed by atoms with Crippen LogP contribution in [0.15, 0.2) is 88.3 Å². The van der Waals surface area contributed by atoms with Crippen LogP contribution in [0.3, 0.4) is 0 Å². The van der Waals surface area contributed by atoms with Crippen molar-refractivity contribution in [2.75, 3.05) is 22.6 Å². The lowest BCUT2D eigenvalue weighted by molar-refractivity contribution is -0.121. The summed E-state index contributed by atoms with van der Waals surface area (Å²) in [5.41, 5.74) is 1.60. The zero-order valence-electron chi connectivity index (χ0n) is 20.7. The van der Waals surface area contributed by atoms with E-state index in [0.717, 1.165) is 42.3 Å². The predicted molar refractivity (Wildman–Crippen MR) is 145 cm³/mol. The zero-order valence-corrected chi connectivity index (χ0v) is 21.5. The number of imide groups is 1. The summed E-state index contributed by atoms with van der Waals surface area (Å²) in [6, 6.07) is 19.3. The minimum atomic E-state index is -0.550. The highest BCUT2D eigenvalue weighted by molar-refractivity contribution is 8.04. The number of nitrogens with zero attached hydrogens (tertiary/aromatic N) is 1. The molecular formula is C29H26FN3O4S. The van der Waals surface area contributed by atoms with Crippen LogP contribution in [0.2, 0.25) is 0 Å². The smallest absolute Gasteiger partial charge is 0.283 e. The molecule has 0 unspecified atom stereocenters. The van der Waals surface area contributed by atoms with Crippen LogP contribution in [0, 0.1) is 11.7 Å². The molecule has 0 bridgehead atoms. The van der Waals surface area contributed by atoms with E-state index in [2.05, 4.69) is 10.6 Å². The van der Waals surface area contributed by atoms with Gasteiger partial charge in [-0.05, 0) is 79.6 Å². The van der Waals surface area contributed by atoms with Crippen LogP contribution in [-0.2, 0) is 14.4 Å². The van der Waals surface area contributed by atoms with Crippen molar-refractivity contribution in [1.29, 1.82) is 0 Å². The molecule has 1 aliphatic carbocycles. The number of halogens is 1. The highest BCUT2D eigenvalue weighted by atomic mass is 32.2. The van der Waals surface area contributed by atoms with Gasteiger partial charge in [0.25, 0.3) is 11.8 Å². The van der Waals surface area contributed by atoms with Crippen molar-refractivity contribution in [3.63, 3.8) is 0 Å². The third kappa shape index (κ3) is 5.43. The largest absolute Gasteiger partial charge is 0.497 e. The average molecular weight is 532 g/mol. The maximum absolute atomic E-state index is 13.5. The molecule has 0 atom stereocenters. The van der Waals surface area contributed by atoms with E-state index in [9.17, 15) is 18.8 Å². The lowest BCUT2D eigenvalue weighted by Crippen LogP contribution is -2.32. The number of ether oxygens (including phenoxy) is 1. The van der Waals surface area contributed by atoms with Crippen LogP contribution >= 0.6 is 11.8 Å². The minimum Gasteiger partial charge on any atom is -0.497 e. The average Bonchev–Trinajstić information content (AvgIpc) is 3.54. The van der Waals surface area contributed by atoms with Gasteiger partial charge in [0, 0.05) is 22.2 Å². The molecule has 3 aromatic carbocycles. The van der Waals surface area contributed by atoms with E-state index in [1.807, 2.05) is 6.07 Å². The molecule has 5 rings (SSSR count). The first-order chi connectivity index (χ1) is 18.4. The SMILES string of the molecule is COc1ccc(NC2=C(Sc3cccc(NC(=O)C4CCCC4)c3)C(=O)N(c3ccc(F)cc3)C2=O)cc1. The van der Waals surface area contributed by atoms with E-state index in [4.69, 9.17) is 4.74 Å². The Hall–Kier alpha value is -4.11. The Bertz CT molecular complexity index is 1400. The number of methoxy groups -OCH3 is 1. The van der Waals surface area contributed by atoms with E-state index in [1.165, 1.54) is 24.3 Å². The topological polar surface area (TPSA) is 87.7 Å². The van der Waals surface area contributed by atoms with Crippen molar-refractivity contribution in [1.82, 2.24) is 0 Å². The number of rotatable bonds is 8. The van der Waals surface area contributed by atoms with E-state index >= 15 is 0 Å². The van der Waals surface area contributed by atoms with Gasteiger partial charge in [0.15, 0.2) is 0 Å². The maximum Gasteiger partial charge on any atom is 0.283 e. The Morgan fingerprint density at radius 2 is 1.66 bits per heavy atom. The number of carbonyl (C=O) groups is 3. The molecule has 0 saturated heterocycles. The summed E-state index contributed by atoms with van der Waals surface area (Å²) in [4.78, 5) is 41.5. The van der Waals surface area contributed by atoms with Gasteiger partial charge in [0.05, 0.1) is 12.8 Å². The number of benzene rings is 3. The molecule has 194 valence electrons. The Morgan fingerprint density at radius 1 is 0.947 bits per heavy atom. The summed E-state index contributed by atoms with van der Waals surface area (Å²) in [6.07, 6.45) is 3.91. The summed E-state index contributed by atoms with van der Waals surface area (Å²) < 4.78 is 18.7. The number of anilines is 3. The molecule has 1 heterocycles. The van der Waals surface area contributed by atoms with Crippen LogP contribution in [-0.4, -0.2) is 24.8 Å². The molecular weight excluding hydrogens is 505 g/mol. The summed E-state index contributed by atoms with van der Waals surface area (Å²) in [5, 5.41) is 6.06. The number of nitrogens with one attached hydrogen (secondary N) is 2. The van der Waals surface area contributed by atoms with Gasteiger partial charge in [0.1, 0.15) is 22.2 Å². The van der Waals surface area contributed by atoms with Crippen molar-refractivity contribution in [2.24, 2.45) is 5.92 Å². The Morgan fingerprint density at radius 3 is 2.34 bits per heavy atom. The third-order valence-corrected chi connectivity index (χ3v) is 7.61. The van der Waals surface area contributed by atoms with Gasteiger partial charge in [-0.3, -0.25) is 14.4 Å². The molecule has 1 saturated carbocycles. The van der Waals surface area contributed by atoms with Gasteiger partial charge in [-0.25, -0.2) is 9.29 Å². The van der Waals surface area contributed by atoms with E-state index in [-0.39, 0.29) is 28.1 Å². The molecule has 0 spiro atoms. The summed E-state index contributed by atoms with van der Waals surface area (Å²) in [7, 11) is 1.56. The van der Waals surface area contributed by atoms with Gasteiger partial charge >= 0.3 is 0 Å². The Balaban J connectivity index is 1.44. The van der Waals surface area contributed by atoms with Crippen LogP contribution in [0.1, 0.15) is 25.7 Å². The second kappa shape index (κ2) is 11.1. The monoisotopic (exact) mass is 531 g/mol. The number of hydrogen-bond acceptors (Lipinski definition) is 6. The molecule has 9 heteroatoms. The van der Waals surface area contributed by atoms with Crippen molar-refractivity contribution in [2.45, 2.75) is 30.6 Å². The summed E-state index contributed by atoms with van der Waals surface area (Å²) in [5.74, 6) is -0.873. The molecule has 38 heavy (non-hydrogen) atoms. The first-order valence-corrected chi connectivity index (χ1v) is 13.1. The highest BCUT2D eigenvalue weighted by Crippen LogP contribution is 2.39. The van der Waals surface area contributed by atoms with E-state index < -0.39 is 17.6 Å². The predicted octanol–water partition coefficient (Wildman–Crippen LogP) is 5.95. The second-order valence-corrected chi connectivity index (χ2v) is 10.2. The molecule has 3 amide bonds. The van der Waals surface area contributed by atoms with Crippen LogP contribution < -0.4 is 20.3 Å². The number of carbonyl (C=O) groups excluding carboxylic acids is 3. The Kier molecular flexibility index (Phi) is 7.46. The van der Waals surface area contributed by atoms with Gasteiger partial charge in [0.2, 0.25) is 5.91 Å². The van der Waals surface area contributed by atoms with Crippen molar-refractivity contribution < 1.29 is 23.5 Å². The highest BCUT2D eigenvalue weighted by Gasteiger charge is 2.40. The lowest BCUT2D eigenvalue weighted by atomic mass is 10.1.